The van der Waals surface area contributed by atoms with Gasteiger partial charge in [0.1, 0.15) is 0 Å². The first-order valence-electron chi connectivity index (χ1n) is 3.37. The maximum absolute atomic E-state index is 12.0. The number of alkyl halides is 3. The fourth-order valence-corrected chi connectivity index (χ4v) is 1.22. The summed E-state index contributed by atoms with van der Waals surface area (Å²) in [6.07, 6.45) is -4.85. The highest BCUT2D eigenvalue weighted by molar-refractivity contribution is 6.29. The average molecular weight is 187 g/mol. The van der Waals surface area contributed by atoms with Crippen LogP contribution in [0.25, 0.3) is 0 Å². The Labute approximate surface area is 65.8 Å². The molecule has 2 unspecified atom stereocenters. The van der Waals surface area contributed by atoms with E-state index in [0.29, 0.717) is 6.42 Å². The maximum atomic E-state index is 12.0. The van der Waals surface area contributed by atoms with Crippen LogP contribution in [-0.2, 0) is 4.43 Å². The van der Waals surface area contributed by atoms with Gasteiger partial charge in [-0.05, 0) is 6.42 Å². The first-order valence-corrected chi connectivity index (χ1v) is 4.76. The predicted molar refractivity (Wildman–Crippen MR) is 38.8 cm³/mol. The van der Waals surface area contributed by atoms with E-state index in [4.69, 9.17) is 5.73 Å². The Morgan fingerprint density at radius 2 is 2.00 bits per heavy atom. The van der Waals surface area contributed by atoms with Crippen molar-refractivity contribution in [3.63, 3.8) is 0 Å². The van der Waals surface area contributed by atoms with Crippen LogP contribution in [0.15, 0.2) is 0 Å². The van der Waals surface area contributed by atoms with Crippen molar-refractivity contribution >= 4 is 9.76 Å². The van der Waals surface area contributed by atoms with Gasteiger partial charge in [0.2, 0.25) is 0 Å². The number of nitrogens with two attached hydrogens (primary N) is 1. The number of halogens is 3. The second kappa shape index (κ2) is 5.56. The lowest BCUT2D eigenvalue weighted by molar-refractivity contribution is -0.0669. The molecule has 0 fully saturated rings. The molecule has 0 spiro atoms. The topological polar surface area (TPSA) is 35.2 Å². The van der Waals surface area contributed by atoms with Crippen molar-refractivity contribution < 1.29 is 17.6 Å². The van der Waals surface area contributed by atoms with Gasteiger partial charge in [-0.1, -0.05) is 6.92 Å². The van der Waals surface area contributed by atoms with Crippen LogP contribution in [0, 0.1) is 0 Å². The molecule has 2 N–H and O–H groups in total. The van der Waals surface area contributed by atoms with E-state index in [1.807, 2.05) is 0 Å². The zero-order valence-corrected chi connectivity index (χ0v) is 7.68. The van der Waals surface area contributed by atoms with Crippen LogP contribution in [0.4, 0.5) is 13.2 Å². The Morgan fingerprint density at radius 1 is 1.45 bits per heavy atom. The van der Waals surface area contributed by atoms with Crippen molar-refractivity contribution in [2.24, 2.45) is 5.73 Å². The smallest absolute Gasteiger partial charge is 0.292 e. The lowest BCUT2D eigenvalue weighted by Gasteiger charge is -2.11. The summed E-state index contributed by atoms with van der Waals surface area (Å²) < 4.78 is 39.2. The van der Waals surface area contributed by atoms with Gasteiger partial charge in [0.05, 0.1) is 0 Å². The molecule has 0 aromatic heterocycles. The maximum Gasteiger partial charge on any atom is 0.292 e. The van der Waals surface area contributed by atoms with E-state index in [9.17, 15) is 13.2 Å². The summed E-state index contributed by atoms with van der Waals surface area (Å²) in [6, 6.07) is 0. The summed E-state index contributed by atoms with van der Waals surface area (Å²) in [7, 11) is -1.33. The van der Waals surface area contributed by atoms with Crippen LogP contribution in [0.2, 0.25) is 0 Å². The highest BCUT2D eigenvalue weighted by atomic mass is 28.2. The summed E-state index contributed by atoms with van der Waals surface area (Å²) in [4.78, 5) is 0. The van der Waals surface area contributed by atoms with Crippen LogP contribution in [0.3, 0.4) is 0 Å². The normalized spacial score (nSPS) is 18.0. The molecule has 2 nitrogen and oxygen atoms in total. The van der Waals surface area contributed by atoms with Crippen molar-refractivity contribution in [1.29, 1.82) is 0 Å². The molecule has 0 saturated heterocycles. The molecule has 0 rings (SSSR count). The molecule has 0 aliphatic heterocycles. The minimum Gasteiger partial charge on any atom is -0.390 e. The van der Waals surface area contributed by atoms with E-state index in [1.54, 1.807) is 6.92 Å². The van der Waals surface area contributed by atoms with Crippen LogP contribution < -0.4 is 5.73 Å². The SMILES string of the molecule is CCC(N)[SiH2]OC(F)C(F)F. The van der Waals surface area contributed by atoms with Gasteiger partial charge in [0.15, 0.2) is 9.76 Å². The van der Waals surface area contributed by atoms with E-state index < -0.39 is 22.5 Å². The third-order valence-electron chi connectivity index (χ3n) is 1.19. The van der Waals surface area contributed by atoms with Crippen LogP contribution >= 0.6 is 0 Å². The molecule has 2 atom stereocenters. The Morgan fingerprint density at radius 3 is 2.36 bits per heavy atom. The Balaban J connectivity index is 3.37. The molecule has 0 aliphatic carbocycles. The zero-order chi connectivity index (χ0) is 8.85. The molecule has 68 valence electrons. The second-order valence-corrected chi connectivity index (χ2v) is 3.90. The predicted octanol–water partition coefficient (Wildman–Crippen LogP) is 0.342. The summed E-state index contributed by atoms with van der Waals surface area (Å²) in [5, 5.41) is 0. The van der Waals surface area contributed by atoms with E-state index in [0.717, 1.165) is 0 Å². The molecule has 0 heterocycles. The van der Waals surface area contributed by atoms with Crippen molar-refractivity contribution in [3.05, 3.63) is 0 Å². The van der Waals surface area contributed by atoms with E-state index in [1.165, 1.54) is 0 Å². The summed E-state index contributed by atoms with van der Waals surface area (Å²) in [5.74, 6) is 0. The lowest BCUT2D eigenvalue weighted by atomic mass is 10.5. The van der Waals surface area contributed by atoms with Gasteiger partial charge in [-0.25, -0.2) is 13.2 Å². The Kier molecular flexibility index (Phi) is 5.52. The highest BCUT2D eigenvalue weighted by Gasteiger charge is 2.19. The molecule has 0 aliphatic rings. The first kappa shape index (κ1) is 10.9. The zero-order valence-electron chi connectivity index (χ0n) is 6.27. The van der Waals surface area contributed by atoms with Gasteiger partial charge < -0.3 is 10.2 Å². The average Bonchev–Trinajstić information content (AvgIpc) is 1.99. The molecule has 0 radical (unpaired) electrons. The molecular weight excluding hydrogens is 175 g/mol. The molecule has 11 heavy (non-hydrogen) atoms. The standard InChI is InChI=1S/C5H12F3NOSi/c1-2-3(9)11-10-5(8)4(6)7/h3-5H,2,9,11H2,1H3. The Bertz CT molecular complexity index is 106. The molecule has 0 amide bonds. The monoisotopic (exact) mass is 187 g/mol. The number of rotatable bonds is 5. The van der Waals surface area contributed by atoms with Gasteiger partial charge in [0, 0.05) is 5.67 Å². The van der Waals surface area contributed by atoms with E-state index >= 15 is 0 Å². The van der Waals surface area contributed by atoms with Crippen molar-refractivity contribution in [1.82, 2.24) is 0 Å². The summed E-state index contributed by atoms with van der Waals surface area (Å²) in [5.41, 5.74) is 5.12. The summed E-state index contributed by atoms with van der Waals surface area (Å²) in [6.45, 7) is 1.80. The van der Waals surface area contributed by atoms with Gasteiger partial charge in [-0.15, -0.1) is 0 Å². The third kappa shape index (κ3) is 5.22. The molecule has 0 bridgehead atoms. The highest BCUT2D eigenvalue weighted by Crippen LogP contribution is 2.06. The van der Waals surface area contributed by atoms with Crippen molar-refractivity contribution in [2.45, 2.75) is 31.8 Å². The minimum atomic E-state index is -3.05. The number of hydrogen-bond acceptors (Lipinski definition) is 2. The fourth-order valence-electron chi connectivity index (χ4n) is 0.406. The molecule has 0 aromatic carbocycles. The molecule has 0 aromatic rings. The lowest BCUT2D eigenvalue weighted by Crippen LogP contribution is -2.32. The molecule has 6 heteroatoms. The van der Waals surface area contributed by atoms with Crippen molar-refractivity contribution in [3.8, 4) is 0 Å². The second-order valence-electron chi connectivity index (χ2n) is 2.19. The van der Waals surface area contributed by atoms with E-state index in [-0.39, 0.29) is 5.67 Å². The third-order valence-corrected chi connectivity index (χ3v) is 2.71. The molecule has 0 saturated carbocycles. The Hall–Kier alpha value is -0.0731. The first-order chi connectivity index (χ1) is 5.07. The van der Waals surface area contributed by atoms with Gasteiger partial charge in [-0.2, -0.15) is 0 Å². The van der Waals surface area contributed by atoms with Crippen molar-refractivity contribution in [2.75, 3.05) is 0 Å². The van der Waals surface area contributed by atoms with Crippen LogP contribution in [0.5, 0.6) is 0 Å². The quantitative estimate of drug-likeness (QED) is 0.630. The van der Waals surface area contributed by atoms with Crippen LogP contribution in [-0.4, -0.2) is 28.2 Å². The fraction of sp³-hybridized carbons (Fsp3) is 1.00. The van der Waals surface area contributed by atoms with Gasteiger partial charge in [0.25, 0.3) is 12.8 Å². The largest absolute Gasteiger partial charge is 0.390 e. The van der Waals surface area contributed by atoms with Crippen LogP contribution in [0.1, 0.15) is 13.3 Å². The van der Waals surface area contributed by atoms with Gasteiger partial charge in [-0.3, -0.25) is 0 Å². The minimum absolute atomic E-state index is 0.230. The number of hydrogen-bond donors (Lipinski definition) is 1. The van der Waals surface area contributed by atoms with E-state index in [2.05, 4.69) is 4.43 Å². The van der Waals surface area contributed by atoms with Gasteiger partial charge >= 0.3 is 0 Å². The summed E-state index contributed by atoms with van der Waals surface area (Å²) >= 11 is 0. The molecular formula is C5H12F3NOSi.